The molecule has 0 radical (unpaired) electrons. The van der Waals surface area contributed by atoms with Crippen LogP contribution in [0.4, 0.5) is 5.69 Å². The smallest absolute Gasteiger partial charge is 0.264 e. The number of amides is 2. The number of nitrogens with one attached hydrogen (secondary N) is 1. The average molecular weight is 607 g/mol. The predicted octanol–water partition coefficient (Wildman–Crippen LogP) is 5.53. The van der Waals surface area contributed by atoms with Gasteiger partial charge in [0, 0.05) is 13.1 Å². The molecule has 0 unspecified atom stereocenters. The van der Waals surface area contributed by atoms with Gasteiger partial charge in [-0.2, -0.15) is 0 Å². The van der Waals surface area contributed by atoms with Crippen LogP contribution < -0.4 is 14.4 Å². The quantitative estimate of drug-likeness (QED) is 0.258. The lowest BCUT2D eigenvalue weighted by Crippen LogP contribution is -2.51. The van der Waals surface area contributed by atoms with Gasteiger partial charge in [0.15, 0.2) is 0 Å². The molecule has 8 nitrogen and oxygen atoms in total. The largest absolute Gasteiger partial charge is 0.497 e. The standard InChI is InChI=1S/C29H33Cl2N3O5S/c1-4-5-17-32-29(36)21(2)33(19-22-11-14-24(39-3)15-12-22)28(35)20-34(23-13-16-26(30)27(31)18-23)40(37,38)25-9-7-6-8-10-25/h6-16,18,21H,4-5,17,19-20H2,1-3H3,(H,32,36)/t21-/m1/s1. The minimum Gasteiger partial charge on any atom is -0.497 e. The summed E-state index contributed by atoms with van der Waals surface area (Å²) in [6.45, 7) is 3.61. The molecule has 0 aliphatic heterocycles. The van der Waals surface area contributed by atoms with Crippen LogP contribution in [0, 0.1) is 0 Å². The summed E-state index contributed by atoms with van der Waals surface area (Å²) in [7, 11) is -2.64. The molecule has 0 saturated heterocycles. The van der Waals surface area contributed by atoms with E-state index >= 15 is 0 Å². The number of rotatable bonds is 13. The summed E-state index contributed by atoms with van der Waals surface area (Å²) >= 11 is 12.3. The number of benzene rings is 3. The topological polar surface area (TPSA) is 96.0 Å². The highest BCUT2D eigenvalue weighted by molar-refractivity contribution is 7.92. The number of ether oxygens (including phenoxy) is 1. The Balaban J connectivity index is 2.00. The number of sulfonamides is 1. The number of anilines is 1. The van der Waals surface area contributed by atoms with Crippen LogP contribution in [0.3, 0.4) is 0 Å². The fraction of sp³-hybridized carbons (Fsp3) is 0.310. The maximum Gasteiger partial charge on any atom is 0.264 e. The van der Waals surface area contributed by atoms with Gasteiger partial charge in [-0.05, 0) is 61.4 Å². The van der Waals surface area contributed by atoms with E-state index in [9.17, 15) is 18.0 Å². The van der Waals surface area contributed by atoms with Crippen LogP contribution in [0.15, 0.2) is 77.7 Å². The third kappa shape index (κ3) is 7.90. The van der Waals surface area contributed by atoms with E-state index in [4.69, 9.17) is 27.9 Å². The van der Waals surface area contributed by atoms with Gasteiger partial charge in [-0.3, -0.25) is 13.9 Å². The van der Waals surface area contributed by atoms with Crippen molar-refractivity contribution < 1.29 is 22.7 Å². The summed E-state index contributed by atoms with van der Waals surface area (Å²) < 4.78 is 33.8. The number of methoxy groups -OCH3 is 1. The van der Waals surface area contributed by atoms with Gasteiger partial charge in [0.2, 0.25) is 11.8 Å². The Hall–Kier alpha value is -3.27. The molecule has 0 aromatic heterocycles. The average Bonchev–Trinajstić information content (AvgIpc) is 2.96. The fourth-order valence-electron chi connectivity index (χ4n) is 3.93. The van der Waals surface area contributed by atoms with Gasteiger partial charge < -0.3 is 15.0 Å². The zero-order valence-corrected chi connectivity index (χ0v) is 25.0. The van der Waals surface area contributed by atoms with Crippen LogP contribution in [-0.4, -0.2) is 51.4 Å². The first-order valence-electron chi connectivity index (χ1n) is 12.8. The molecule has 214 valence electrons. The van der Waals surface area contributed by atoms with Gasteiger partial charge in [0.25, 0.3) is 10.0 Å². The SMILES string of the molecule is CCCCNC(=O)[C@@H](C)N(Cc1ccc(OC)cc1)C(=O)CN(c1ccc(Cl)c(Cl)c1)S(=O)(=O)c1ccccc1. The second kappa shape index (κ2) is 14.4. The third-order valence-electron chi connectivity index (χ3n) is 6.31. The van der Waals surface area contributed by atoms with Crippen molar-refractivity contribution in [2.45, 2.75) is 44.2 Å². The van der Waals surface area contributed by atoms with Crippen molar-refractivity contribution in [3.63, 3.8) is 0 Å². The summed E-state index contributed by atoms with van der Waals surface area (Å²) in [6.07, 6.45) is 1.70. The molecule has 2 amide bonds. The van der Waals surface area contributed by atoms with E-state index in [0.717, 1.165) is 22.7 Å². The van der Waals surface area contributed by atoms with Crippen molar-refractivity contribution >= 4 is 50.7 Å². The molecule has 40 heavy (non-hydrogen) atoms. The van der Waals surface area contributed by atoms with Crippen molar-refractivity contribution in [1.29, 1.82) is 0 Å². The van der Waals surface area contributed by atoms with Crippen molar-refractivity contribution in [3.8, 4) is 5.75 Å². The molecule has 0 saturated carbocycles. The van der Waals surface area contributed by atoms with Crippen LogP contribution in [0.2, 0.25) is 10.0 Å². The lowest BCUT2D eigenvalue weighted by molar-refractivity contribution is -0.139. The molecule has 3 rings (SSSR count). The summed E-state index contributed by atoms with van der Waals surface area (Å²) in [5.41, 5.74) is 0.908. The minimum absolute atomic E-state index is 0.000865. The summed E-state index contributed by atoms with van der Waals surface area (Å²) in [4.78, 5) is 28.3. The number of carbonyl (C=O) groups excluding carboxylic acids is 2. The van der Waals surface area contributed by atoms with Crippen LogP contribution in [0.25, 0.3) is 0 Å². The highest BCUT2D eigenvalue weighted by Gasteiger charge is 2.32. The van der Waals surface area contributed by atoms with Crippen LogP contribution in [0.1, 0.15) is 32.3 Å². The van der Waals surface area contributed by atoms with Crippen LogP contribution >= 0.6 is 23.2 Å². The van der Waals surface area contributed by atoms with E-state index in [1.807, 2.05) is 6.92 Å². The van der Waals surface area contributed by atoms with E-state index in [1.165, 1.54) is 35.2 Å². The van der Waals surface area contributed by atoms with Crippen LogP contribution in [0.5, 0.6) is 5.75 Å². The number of nitrogens with zero attached hydrogens (tertiary/aromatic N) is 2. The Bertz CT molecular complexity index is 1400. The highest BCUT2D eigenvalue weighted by atomic mass is 35.5. The molecular weight excluding hydrogens is 573 g/mol. The first-order valence-corrected chi connectivity index (χ1v) is 15.0. The molecule has 3 aromatic carbocycles. The summed E-state index contributed by atoms with van der Waals surface area (Å²) in [5.74, 6) is -0.256. The van der Waals surface area contributed by atoms with E-state index in [0.29, 0.717) is 12.3 Å². The Morgan fingerprint density at radius 3 is 2.25 bits per heavy atom. The number of hydrogen-bond donors (Lipinski definition) is 1. The molecule has 0 aliphatic rings. The summed E-state index contributed by atoms with van der Waals surface area (Å²) in [6, 6.07) is 18.4. The van der Waals surface area contributed by atoms with E-state index in [-0.39, 0.29) is 33.1 Å². The Labute approximate surface area is 245 Å². The number of carbonyl (C=O) groups is 2. The van der Waals surface area contributed by atoms with E-state index in [1.54, 1.807) is 56.5 Å². The van der Waals surface area contributed by atoms with Crippen molar-refractivity contribution in [2.24, 2.45) is 0 Å². The van der Waals surface area contributed by atoms with Gasteiger partial charge in [-0.25, -0.2) is 8.42 Å². The monoisotopic (exact) mass is 605 g/mol. The van der Waals surface area contributed by atoms with Gasteiger partial charge in [0.05, 0.1) is 27.7 Å². The predicted molar refractivity (Wildman–Crippen MR) is 158 cm³/mol. The van der Waals surface area contributed by atoms with Crippen LogP contribution in [-0.2, 0) is 26.2 Å². The van der Waals surface area contributed by atoms with Gasteiger partial charge in [-0.1, -0.05) is 66.9 Å². The molecular formula is C29H33Cl2N3O5S. The molecule has 0 heterocycles. The van der Waals surface area contributed by atoms with Crippen molar-refractivity contribution in [1.82, 2.24) is 10.2 Å². The van der Waals surface area contributed by atoms with E-state index < -0.39 is 28.5 Å². The molecule has 0 spiro atoms. The fourth-order valence-corrected chi connectivity index (χ4v) is 5.65. The van der Waals surface area contributed by atoms with Gasteiger partial charge >= 0.3 is 0 Å². The Morgan fingerprint density at radius 2 is 1.65 bits per heavy atom. The Morgan fingerprint density at radius 1 is 0.975 bits per heavy atom. The number of hydrogen-bond acceptors (Lipinski definition) is 5. The van der Waals surface area contributed by atoms with Crippen molar-refractivity contribution in [3.05, 3.63) is 88.4 Å². The zero-order valence-electron chi connectivity index (χ0n) is 22.6. The minimum atomic E-state index is -4.19. The number of halogens is 2. The molecule has 1 atom stereocenters. The molecule has 0 fully saturated rings. The zero-order chi connectivity index (χ0) is 29.3. The maximum absolute atomic E-state index is 13.9. The summed E-state index contributed by atoms with van der Waals surface area (Å²) in [5, 5.41) is 3.24. The van der Waals surface area contributed by atoms with Gasteiger partial charge in [-0.15, -0.1) is 0 Å². The first kappa shape index (κ1) is 31.3. The van der Waals surface area contributed by atoms with E-state index in [2.05, 4.69) is 5.32 Å². The highest BCUT2D eigenvalue weighted by Crippen LogP contribution is 2.31. The third-order valence-corrected chi connectivity index (χ3v) is 8.84. The molecule has 0 bridgehead atoms. The van der Waals surface area contributed by atoms with Gasteiger partial charge in [0.1, 0.15) is 18.3 Å². The first-order chi connectivity index (χ1) is 19.1. The lowest BCUT2D eigenvalue weighted by Gasteiger charge is -2.32. The maximum atomic E-state index is 13.9. The van der Waals surface area contributed by atoms with Crippen molar-refractivity contribution in [2.75, 3.05) is 24.5 Å². The normalized spacial score (nSPS) is 11.9. The lowest BCUT2D eigenvalue weighted by atomic mass is 10.1. The second-order valence-electron chi connectivity index (χ2n) is 9.11. The Kier molecular flexibility index (Phi) is 11.2. The number of unbranched alkanes of at least 4 members (excludes halogenated alkanes) is 1. The molecule has 11 heteroatoms. The molecule has 1 N–H and O–H groups in total. The molecule has 0 aliphatic carbocycles. The second-order valence-corrected chi connectivity index (χ2v) is 11.8. The molecule has 3 aromatic rings.